The molecule has 0 unspecified atom stereocenters. The average Bonchev–Trinajstić information content (AvgIpc) is 3.13. The van der Waals surface area contributed by atoms with Crippen LogP contribution >= 0.6 is 0 Å². The van der Waals surface area contributed by atoms with Gasteiger partial charge in [0.05, 0.1) is 25.8 Å². The SMILES string of the molecule is COc1cccc(CN(C[C@@H](O)[C@H](Cc2ccccc2)NC(=O)[C@@](CCC(=O)N2CCCCC2)(Cc2ccccc2)NC(=O)O)C(=O)OC(C)(C)C)c1. The molecule has 12 nitrogen and oxygen atoms in total. The molecule has 3 aromatic rings. The molecule has 0 spiro atoms. The summed E-state index contributed by atoms with van der Waals surface area (Å²) in [7, 11) is 1.55. The summed E-state index contributed by atoms with van der Waals surface area (Å²) in [5.74, 6) is -0.235. The van der Waals surface area contributed by atoms with E-state index in [-0.39, 0.29) is 44.7 Å². The molecule has 1 fully saturated rings. The van der Waals surface area contributed by atoms with Crippen LogP contribution in [0.3, 0.4) is 0 Å². The quantitative estimate of drug-likeness (QED) is 0.149. The summed E-state index contributed by atoms with van der Waals surface area (Å²) >= 11 is 0. The van der Waals surface area contributed by atoms with Crippen molar-refractivity contribution < 1.29 is 38.9 Å². The van der Waals surface area contributed by atoms with Crippen LogP contribution in [-0.4, -0.2) is 94.0 Å². The second-order valence-electron chi connectivity index (χ2n) is 14.7. The number of piperidine rings is 1. The fourth-order valence-corrected chi connectivity index (χ4v) is 6.55. The minimum absolute atomic E-state index is 0.0344. The van der Waals surface area contributed by atoms with E-state index in [4.69, 9.17) is 9.47 Å². The summed E-state index contributed by atoms with van der Waals surface area (Å²) in [4.78, 5) is 57.2. The highest BCUT2D eigenvalue weighted by atomic mass is 16.6. The molecule has 0 bridgehead atoms. The Bertz CT molecular complexity index is 1640. The highest BCUT2D eigenvalue weighted by molar-refractivity contribution is 5.91. The summed E-state index contributed by atoms with van der Waals surface area (Å²) in [6.07, 6.45) is -0.612. The van der Waals surface area contributed by atoms with E-state index < -0.39 is 41.4 Å². The second-order valence-corrected chi connectivity index (χ2v) is 14.7. The van der Waals surface area contributed by atoms with Crippen molar-refractivity contribution in [3.63, 3.8) is 0 Å². The van der Waals surface area contributed by atoms with Crippen LogP contribution in [0.1, 0.15) is 69.6 Å². The fourth-order valence-electron chi connectivity index (χ4n) is 6.55. The maximum absolute atomic E-state index is 14.7. The number of carbonyl (C=O) groups is 4. The third-order valence-electron chi connectivity index (χ3n) is 9.25. The summed E-state index contributed by atoms with van der Waals surface area (Å²) in [6.45, 7) is 6.35. The number of benzene rings is 3. The van der Waals surface area contributed by atoms with Crippen LogP contribution in [-0.2, 0) is 33.7 Å². The van der Waals surface area contributed by atoms with Gasteiger partial charge in [0.2, 0.25) is 11.8 Å². The van der Waals surface area contributed by atoms with Crippen molar-refractivity contribution in [2.45, 2.75) is 95.5 Å². The summed E-state index contributed by atoms with van der Waals surface area (Å²) in [6, 6.07) is 24.5. The Labute approximate surface area is 312 Å². The number of carbonyl (C=O) groups excluding carboxylic acids is 3. The lowest BCUT2D eigenvalue weighted by Crippen LogP contribution is -2.63. The Kier molecular flexibility index (Phi) is 14.7. The van der Waals surface area contributed by atoms with Crippen molar-refractivity contribution in [1.82, 2.24) is 20.4 Å². The molecule has 4 N–H and O–H groups in total. The first kappa shape index (κ1) is 40.7. The Morgan fingerprint density at radius 3 is 2.09 bits per heavy atom. The first-order chi connectivity index (χ1) is 25.3. The standard InChI is InChI=1S/C41H54N4O8/c1-40(2,3)53-39(51)45(28-32-19-14-20-33(25-32)52-4)29-35(46)34(26-30-15-8-5-9-16-30)42-37(48)41(43-38(49)50,27-31-17-10-6-11-18-31)22-21-36(47)44-23-12-7-13-24-44/h5-6,8-11,14-20,25,34-35,43,46H,7,12-13,21-24,26-29H2,1-4H3,(H,42,48)(H,49,50)/t34-,35+,41+/m0/s1. The smallest absolute Gasteiger partial charge is 0.410 e. The van der Waals surface area contributed by atoms with Crippen molar-refractivity contribution in [3.8, 4) is 5.75 Å². The van der Waals surface area contributed by atoms with E-state index >= 15 is 0 Å². The first-order valence-corrected chi connectivity index (χ1v) is 18.2. The third-order valence-corrected chi connectivity index (χ3v) is 9.25. The number of nitrogens with one attached hydrogen (secondary N) is 2. The zero-order valence-electron chi connectivity index (χ0n) is 31.3. The zero-order valence-corrected chi connectivity index (χ0v) is 31.3. The van der Waals surface area contributed by atoms with Crippen molar-refractivity contribution in [2.75, 3.05) is 26.7 Å². The minimum atomic E-state index is -1.77. The molecule has 286 valence electrons. The molecule has 0 aromatic heterocycles. The zero-order chi connectivity index (χ0) is 38.4. The molecule has 12 heteroatoms. The largest absolute Gasteiger partial charge is 0.497 e. The van der Waals surface area contributed by atoms with Gasteiger partial charge in [0.1, 0.15) is 16.9 Å². The van der Waals surface area contributed by atoms with Crippen LogP contribution < -0.4 is 15.4 Å². The normalized spacial score (nSPS) is 15.3. The first-order valence-electron chi connectivity index (χ1n) is 18.2. The van der Waals surface area contributed by atoms with E-state index in [2.05, 4.69) is 10.6 Å². The maximum atomic E-state index is 14.7. The van der Waals surface area contributed by atoms with Gasteiger partial charge in [0.25, 0.3) is 0 Å². The van der Waals surface area contributed by atoms with Gasteiger partial charge in [0, 0.05) is 32.5 Å². The van der Waals surface area contributed by atoms with Gasteiger partial charge < -0.3 is 40.1 Å². The molecule has 53 heavy (non-hydrogen) atoms. The van der Waals surface area contributed by atoms with Crippen LogP contribution in [0, 0.1) is 0 Å². The Hall–Kier alpha value is -5.10. The number of hydrogen-bond acceptors (Lipinski definition) is 7. The number of nitrogens with zero attached hydrogens (tertiary/aromatic N) is 2. The summed E-state index contributed by atoms with van der Waals surface area (Å²) in [5, 5.41) is 27.5. The number of amides is 4. The summed E-state index contributed by atoms with van der Waals surface area (Å²) < 4.78 is 11.1. The molecule has 1 aliphatic heterocycles. The van der Waals surface area contributed by atoms with E-state index in [1.54, 1.807) is 75.2 Å². The lowest BCUT2D eigenvalue weighted by molar-refractivity contribution is -0.134. The van der Waals surface area contributed by atoms with Gasteiger partial charge >= 0.3 is 12.2 Å². The number of aliphatic hydroxyl groups is 1. The molecular formula is C41H54N4O8. The lowest BCUT2D eigenvalue weighted by atomic mass is 9.84. The molecule has 1 aliphatic rings. The molecule has 0 radical (unpaired) electrons. The Balaban J connectivity index is 1.68. The van der Waals surface area contributed by atoms with Gasteiger partial charge in [-0.25, -0.2) is 9.59 Å². The molecule has 3 aromatic carbocycles. The highest BCUT2D eigenvalue weighted by Gasteiger charge is 2.43. The van der Waals surface area contributed by atoms with Crippen LogP contribution in [0.2, 0.25) is 0 Å². The number of hydrogen-bond donors (Lipinski definition) is 4. The van der Waals surface area contributed by atoms with Crippen molar-refractivity contribution in [2.24, 2.45) is 0 Å². The molecule has 4 amide bonds. The highest BCUT2D eigenvalue weighted by Crippen LogP contribution is 2.24. The van der Waals surface area contributed by atoms with E-state index in [0.717, 1.165) is 30.4 Å². The number of rotatable bonds is 16. The molecule has 4 rings (SSSR count). The number of likely N-dealkylation sites (tertiary alicyclic amines) is 1. The Morgan fingerprint density at radius 2 is 1.49 bits per heavy atom. The molecule has 0 saturated carbocycles. The topological polar surface area (TPSA) is 158 Å². The van der Waals surface area contributed by atoms with E-state index in [1.165, 1.54) is 4.90 Å². The van der Waals surface area contributed by atoms with Crippen LogP contribution in [0.25, 0.3) is 0 Å². The summed E-state index contributed by atoms with van der Waals surface area (Å²) in [5.41, 5.74) is -0.363. The number of methoxy groups -OCH3 is 1. The van der Waals surface area contributed by atoms with E-state index in [1.807, 2.05) is 42.5 Å². The van der Waals surface area contributed by atoms with Crippen molar-refractivity contribution in [1.29, 1.82) is 0 Å². The number of aliphatic hydroxyl groups excluding tert-OH is 1. The van der Waals surface area contributed by atoms with Gasteiger partial charge in [0.15, 0.2) is 0 Å². The van der Waals surface area contributed by atoms with Crippen molar-refractivity contribution >= 4 is 24.0 Å². The molecule has 3 atom stereocenters. The van der Waals surface area contributed by atoms with E-state index in [9.17, 15) is 29.4 Å². The average molecular weight is 731 g/mol. The van der Waals surface area contributed by atoms with Gasteiger partial charge in [-0.05, 0) is 81.7 Å². The number of carboxylic acid groups (broad SMARTS) is 1. The monoisotopic (exact) mass is 730 g/mol. The Morgan fingerprint density at radius 1 is 0.868 bits per heavy atom. The van der Waals surface area contributed by atoms with Crippen LogP contribution in [0.15, 0.2) is 84.9 Å². The van der Waals surface area contributed by atoms with Gasteiger partial charge in [-0.15, -0.1) is 0 Å². The van der Waals surface area contributed by atoms with Crippen LogP contribution in [0.4, 0.5) is 9.59 Å². The predicted molar refractivity (Wildman–Crippen MR) is 201 cm³/mol. The predicted octanol–water partition coefficient (Wildman–Crippen LogP) is 5.56. The molecule has 1 heterocycles. The van der Waals surface area contributed by atoms with Crippen molar-refractivity contribution in [3.05, 3.63) is 102 Å². The molecule has 1 saturated heterocycles. The lowest BCUT2D eigenvalue weighted by Gasteiger charge is -2.37. The third kappa shape index (κ3) is 12.8. The fraction of sp³-hybridized carbons (Fsp3) is 0.463. The number of ether oxygens (including phenoxy) is 2. The van der Waals surface area contributed by atoms with Crippen LogP contribution in [0.5, 0.6) is 5.75 Å². The molecular weight excluding hydrogens is 676 g/mol. The maximum Gasteiger partial charge on any atom is 0.410 e. The van der Waals surface area contributed by atoms with Gasteiger partial charge in [-0.3, -0.25) is 9.59 Å². The minimum Gasteiger partial charge on any atom is -0.497 e. The molecule has 0 aliphatic carbocycles. The van der Waals surface area contributed by atoms with Gasteiger partial charge in [-0.2, -0.15) is 0 Å². The van der Waals surface area contributed by atoms with E-state index in [0.29, 0.717) is 24.4 Å². The second kappa shape index (κ2) is 19.1. The van der Waals surface area contributed by atoms with Gasteiger partial charge in [-0.1, -0.05) is 72.8 Å².